The number of piperidine rings is 1. The summed E-state index contributed by atoms with van der Waals surface area (Å²) in [5.74, 6) is -0.137. The molecule has 1 aromatic rings. The Kier molecular flexibility index (Phi) is 5.91. The molecule has 2 fully saturated rings. The highest BCUT2D eigenvalue weighted by molar-refractivity contribution is 5.84. The van der Waals surface area contributed by atoms with Gasteiger partial charge in [0.25, 0.3) is 0 Å². The van der Waals surface area contributed by atoms with Gasteiger partial charge in [0.1, 0.15) is 17.1 Å². The number of rotatable bonds is 5. The summed E-state index contributed by atoms with van der Waals surface area (Å²) in [6.07, 6.45) is 2.64. The topological polar surface area (TPSA) is 55.8 Å². The maximum atomic E-state index is 12.9. The van der Waals surface area contributed by atoms with Gasteiger partial charge in [-0.25, -0.2) is 4.79 Å². The lowest BCUT2D eigenvalue weighted by atomic mass is 9.85. The molecule has 2 unspecified atom stereocenters. The normalized spacial score (nSPS) is 24.4. The van der Waals surface area contributed by atoms with Crippen LogP contribution in [0.15, 0.2) is 24.3 Å². The Hall–Kier alpha value is -2.18. The number of halogens is 2. The number of carbonyl (C=O) groups excluding carboxylic acids is 2. The first-order valence-electron chi connectivity index (χ1n) is 9.71. The molecule has 1 amide bonds. The van der Waals surface area contributed by atoms with E-state index in [0.29, 0.717) is 18.4 Å². The van der Waals surface area contributed by atoms with Gasteiger partial charge in [-0.2, -0.15) is 8.78 Å². The second-order valence-electron chi connectivity index (χ2n) is 8.57. The number of alkyl halides is 2. The Balaban J connectivity index is 1.65. The third-order valence-corrected chi connectivity index (χ3v) is 5.35. The van der Waals surface area contributed by atoms with Crippen molar-refractivity contribution in [2.75, 3.05) is 0 Å². The van der Waals surface area contributed by atoms with Gasteiger partial charge in [-0.3, -0.25) is 4.79 Å². The van der Waals surface area contributed by atoms with Crippen LogP contribution >= 0.6 is 0 Å². The van der Waals surface area contributed by atoms with Gasteiger partial charge < -0.3 is 14.4 Å². The summed E-state index contributed by atoms with van der Waals surface area (Å²) < 4.78 is 35.2. The monoisotopic (exact) mass is 395 g/mol. The first-order chi connectivity index (χ1) is 13.1. The van der Waals surface area contributed by atoms with Crippen LogP contribution < -0.4 is 4.74 Å². The molecule has 2 atom stereocenters. The second kappa shape index (κ2) is 8.05. The molecule has 0 radical (unpaired) electrons. The molecule has 2 aliphatic heterocycles. The average molecular weight is 395 g/mol. The van der Waals surface area contributed by atoms with E-state index in [1.807, 2.05) is 20.8 Å². The third-order valence-electron chi connectivity index (χ3n) is 5.35. The smallest absolute Gasteiger partial charge is 0.410 e. The van der Waals surface area contributed by atoms with E-state index in [4.69, 9.17) is 4.74 Å². The fourth-order valence-electron chi connectivity index (χ4n) is 4.25. The molecule has 0 aromatic heterocycles. The van der Waals surface area contributed by atoms with Crippen LogP contribution in [-0.2, 0) is 16.0 Å². The van der Waals surface area contributed by atoms with Crippen LogP contribution in [0.5, 0.6) is 5.75 Å². The van der Waals surface area contributed by atoms with Crippen LogP contribution in [0.4, 0.5) is 13.6 Å². The maximum absolute atomic E-state index is 12.9. The lowest BCUT2D eigenvalue weighted by molar-refractivity contribution is -0.124. The molecule has 0 N–H and O–H groups in total. The molecule has 2 saturated heterocycles. The lowest BCUT2D eigenvalue weighted by Gasteiger charge is -2.39. The van der Waals surface area contributed by atoms with Gasteiger partial charge in [-0.15, -0.1) is 0 Å². The maximum Gasteiger partial charge on any atom is 0.410 e. The van der Waals surface area contributed by atoms with E-state index in [2.05, 4.69) is 4.74 Å². The van der Waals surface area contributed by atoms with Crippen LogP contribution in [0.2, 0.25) is 0 Å². The molecule has 3 rings (SSSR count). The van der Waals surface area contributed by atoms with Crippen molar-refractivity contribution in [3.05, 3.63) is 29.8 Å². The van der Waals surface area contributed by atoms with Crippen LogP contribution in [0.25, 0.3) is 0 Å². The predicted octanol–water partition coefficient (Wildman–Crippen LogP) is 4.58. The number of hydrogen-bond acceptors (Lipinski definition) is 4. The first kappa shape index (κ1) is 20.6. The van der Waals surface area contributed by atoms with Crippen molar-refractivity contribution in [1.29, 1.82) is 0 Å². The molecule has 2 heterocycles. The number of para-hydroxylation sites is 1. The average Bonchev–Trinajstić information content (AvgIpc) is 2.85. The zero-order valence-corrected chi connectivity index (χ0v) is 16.5. The number of nitrogens with zero attached hydrogens (tertiary/aromatic N) is 1. The summed E-state index contributed by atoms with van der Waals surface area (Å²) in [6.45, 7) is 2.58. The Morgan fingerprint density at radius 3 is 2.32 bits per heavy atom. The Bertz CT molecular complexity index is 717. The van der Waals surface area contributed by atoms with Crippen LogP contribution in [-0.4, -0.2) is 41.1 Å². The Morgan fingerprint density at radius 1 is 1.14 bits per heavy atom. The highest BCUT2D eigenvalue weighted by Crippen LogP contribution is 2.40. The SMILES string of the molecule is CC(C)(C)OC(=O)N1C2CCC1CC(C(=O)Cc1ccccc1OC(F)F)C2. The van der Waals surface area contributed by atoms with Gasteiger partial charge in [0, 0.05) is 30.0 Å². The Morgan fingerprint density at radius 2 is 1.75 bits per heavy atom. The summed E-state index contributed by atoms with van der Waals surface area (Å²) in [5.41, 5.74) is -0.0906. The number of carbonyl (C=O) groups is 2. The van der Waals surface area contributed by atoms with Crippen molar-refractivity contribution >= 4 is 11.9 Å². The molecule has 28 heavy (non-hydrogen) atoms. The van der Waals surface area contributed by atoms with E-state index in [0.717, 1.165) is 12.8 Å². The van der Waals surface area contributed by atoms with Crippen LogP contribution in [0.1, 0.15) is 52.0 Å². The van der Waals surface area contributed by atoms with E-state index >= 15 is 0 Å². The Labute approximate surface area is 164 Å². The van der Waals surface area contributed by atoms with Crippen molar-refractivity contribution in [2.45, 2.75) is 77.2 Å². The third kappa shape index (κ3) is 4.80. The van der Waals surface area contributed by atoms with E-state index in [9.17, 15) is 18.4 Å². The molecular formula is C21H27F2NO4. The second-order valence-corrected chi connectivity index (χ2v) is 8.57. The summed E-state index contributed by atoms with van der Waals surface area (Å²) in [4.78, 5) is 27.2. The van der Waals surface area contributed by atoms with Crippen LogP contribution in [0, 0.1) is 5.92 Å². The number of ether oxygens (including phenoxy) is 2. The summed E-state index contributed by atoms with van der Waals surface area (Å²) in [6, 6.07) is 6.38. The fraction of sp³-hybridized carbons (Fsp3) is 0.619. The van der Waals surface area contributed by atoms with Crippen molar-refractivity contribution < 1.29 is 27.8 Å². The molecule has 1 aromatic carbocycles. The highest BCUT2D eigenvalue weighted by Gasteiger charge is 2.46. The van der Waals surface area contributed by atoms with Crippen molar-refractivity contribution in [3.63, 3.8) is 0 Å². The van der Waals surface area contributed by atoms with Gasteiger partial charge in [0.05, 0.1) is 0 Å². The molecule has 154 valence electrons. The van der Waals surface area contributed by atoms with E-state index in [-0.39, 0.29) is 42.0 Å². The van der Waals surface area contributed by atoms with Gasteiger partial charge >= 0.3 is 12.7 Å². The minimum atomic E-state index is -2.93. The number of hydrogen-bond donors (Lipinski definition) is 0. The zero-order chi connectivity index (χ0) is 20.5. The number of fused-ring (bicyclic) bond motifs is 2. The quantitative estimate of drug-likeness (QED) is 0.732. The zero-order valence-electron chi connectivity index (χ0n) is 16.5. The number of amides is 1. The minimum Gasteiger partial charge on any atom is -0.444 e. The molecule has 2 bridgehead atoms. The molecule has 0 aliphatic carbocycles. The molecular weight excluding hydrogens is 368 g/mol. The largest absolute Gasteiger partial charge is 0.444 e. The number of benzene rings is 1. The van der Waals surface area contributed by atoms with Crippen molar-refractivity contribution in [3.8, 4) is 5.75 Å². The van der Waals surface area contributed by atoms with Crippen LogP contribution in [0.3, 0.4) is 0 Å². The van der Waals surface area contributed by atoms with Gasteiger partial charge in [-0.05, 0) is 52.5 Å². The number of Topliss-reactive ketones (excluding diaryl/α,β-unsaturated/α-hetero) is 1. The summed E-state index contributed by atoms with van der Waals surface area (Å²) >= 11 is 0. The molecule has 2 aliphatic rings. The molecule has 5 nitrogen and oxygen atoms in total. The standard InChI is InChI=1S/C21H27F2NO4/c1-21(2,3)28-20(26)24-15-8-9-16(24)11-14(10-15)17(25)12-13-6-4-5-7-18(13)27-19(22)23/h4-7,14-16,19H,8-12H2,1-3H3. The van der Waals surface area contributed by atoms with E-state index in [1.54, 1.807) is 23.1 Å². The summed E-state index contributed by atoms with van der Waals surface area (Å²) in [5, 5.41) is 0. The minimum absolute atomic E-state index is 0.00453. The van der Waals surface area contributed by atoms with E-state index in [1.165, 1.54) is 6.07 Å². The van der Waals surface area contributed by atoms with Crippen molar-refractivity contribution in [1.82, 2.24) is 4.90 Å². The van der Waals surface area contributed by atoms with Crippen molar-refractivity contribution in [2.24, 2.45) is 5.92 Å². The molecule has 0 spiro atoms. The van der Waals surface area contributed by atoms with Gasteiger partial charge in [-0.1, -0.05) is 18.2 Å². The molecule has 7 heteroatoms. The first-order valence-corrected chi connectivity index (χ1v) is 9.71. The van der Waals surface area contributed by atoms with Gasteiger partial charge in [0.15, 0.2) is 0 Å². The predicted molar refractivity (Wildman–Crippen MR) is 99.4 cm³/mol. The fourth-order valence-corrected chi connectivity index (χ4v) is 4.25. The number of ketones is 1. The lowest BCUT2D eigenvalue weighted by Crippen LogP contribution is -2.49. The summed E-state index contributed by atoms with van der Waals surface area (Å²) in [7, 11) is 0. The molecule has 0 saturated carbocycles. The van der Waals surface area contributed by atoms with Gasteiger partial charge in [0.2, 0.25) is 0 Å². The highest BCUT2D eigenvalue weighted by atomic mass is 19.3. The van der Waals surface area contributed by atoms with E-state index < -0.39 is 12.2 Å².